The minimum Gasteiger partial charge on any atom is -0.347 e. The average molecular weight is 451 g/mol. The minimum atomic E-state index is -0.651. The van der Waals surface area contributed by atoms with E-state index in [-0.39, 0.29) is 29.9 Å². The Morgan fingerprint density at radius 1 is 1.13 bits per heavy atom. The molecular formula is C22H22ClF3N4O. The predicted molar refractivity (Wildman–Crippen MR) is 114 cm³/mol. The molecule has 2 atom stereocenters. The normalized spacial score (nSPS) is 18.3. The van der Waals surface area contributed by atoms with Gasteiger partial charge < -0.3 is 10.6 Å². The number of piperidine rings is 1. The molecule has 0 spiro atoms. The Balaban J connectivity index is 0.00000272. The fraction of sp³-hybridized carbons (Fsp3) is 0.273. The molecule has 1 aliphatic heterocycles. The van der Waals surface area contributed by atoms with E-state index in [2.05, 4.69) is 15.7 Å². The fourth-order valence-electron chi connectivity index (χ4n) is 3.95. The number of nitrogens with zero attached hydrogens (tertiary/aromatic N) is 2. The van der Waals surface area contributed by atoms with Gasteiger partial charge in [0.25, 0.3) is 5.91 Å². The van der Waals surface area contributed by atoms with E-state index in [1.165, 1.54) is 18.2 Å². The molecule has 1 aliphatic rings. The van der Waals surface area contributed by atoms with E-state index >= 15 is 0 Å². The first-order chi connectivity index (χ1) is 14.4. The van der Waals surface area contributed by atoms with Crippen LogP contribution in [-0.4, -0.2) is 34.8 Å². The third-order valence-electron chi connectivity index (χ3n) is 5.44. The van der Waals surface area contributed by atoms with Crippen molar-refractivity contribution < 1.29 is 18.0 Å². The first-order valence-corrected chi connectivity index (χ1v) is 9.68. The zero-order valence-electron chi connectivity index (χ0n) is 16.7. The predicted octanol–water partition coefficient (Wildman–Crippen LogP) is 3.80. The van der Waals surface area contributed by atoms with E-state index in [4.69, 9.17) is 0 Å². The highest BCUT2D eigenvalue weighted by Crippen LogP contribution is 2.28. The van der Waals surface area contributed by atoms with E-state index in [0.29, 0.717) is 36.3 Å². The summed E-state index contributed by atoms with van der Waals surface area (Å²) in [7, 11) is 1.71. The maximum atomic E-state index is 14.6. The molecule has 0 aliphatic carbocycles. The number of benzene rings is 2. The molecule has 0 unspecified atom stereocenters. The van der Waals surface area contributed by atoms with Crippen molar-refractivity contribution in [2.24, 2.45) is 7.05 Å². The van der Waals surface area contributed by atoms with Crippen LogP contribution in [0.25, 0.3) is 11.3 Å². The zero-order valence-corrected chi connectivity index (χ0v) is 17.6. The van der Waals surface area contributed by atoms with Crippen molar-refractivity contribution in [1.82, 2.24) is 20.4 Å². The lowest BCUT2D eigenvalue weighted by atomic mass is 9.85. The number of hydrogen-bond acceptors (Lipinski definition) is 3. The number of aryl methyl sites for hydroxylation is 1. The van der Waals surface area contributed by atoms with Crippen LogP contribution in [0.5, 0.6) is 0 Å². The molecule has 164 valence electrons. The molecule has 1 fully saturated rings. The van der Waals surface area contributed by atoms with Gasteiger partial charge in [-0.3, -0.25) is 9.48 Å². The van der Waals surface area contributed by atoms with Crippen LogP contribution in [0.15, 0.2) is 48.7 Å². The van der Waals surface area contributed by atoms with Gasteiger partial charge in [0.2, 0.25) is 0 Å². The fourth-order valence-corrected chi connectivity index (χ4v) is 3.95. The van der Waals surface area contributed by atoms with Crippen LogP contribution >= 0.6 is 12.4 Å². The van der Waals surface area contributed by atoms with Crippen molar-refractivity contribution in [3.8, 4) is 11.3 Å². The van der Waals surface area contributed by atoms with Crippen molar-refractivity contribution >= 4 is 18.3 Å². The lowest BCUT2D eigenvalue weighted by Crippen LogP contribution is -2.50. The van der Waals surface area contributed by atoms with Crippen molar-refractivity contribution in [2.75, 3.05) is 13.1 Å². The molecule has 9 heteroatoms. The van der Waals surface area contributed by atoms with E-state index in [9.17, 15) is 18.0 Å². The molecule has 0 bridgehead atoms. The lowest BCUT2D eigenvalue weighted by Gasteiger charge is -2.33. The summed E-state index contributed by atoms with van der Waals surface area (Å²) in [6, 6.07) is 8.99. The molecule has 1 aromatic heterocycles. The minimum absolute atomic E-state index is 0. The third kappa shape index (κ3) is 4.91. The zero-order chi connectivity index (χ0) is 21.3. The van der Waals surface area contributed by atoms with E-state index < -0.39 is 23.4 Å². The topological polar surface area (TPSA) is 59.0 Å². The quantitative estimate of drug-likeness (QED) is 0.635. The summed E-state index contributed by atoms with van der Waals surface area (Å²) in [5.74, 6) is -2.53. The summed E-state index contributed by atoms with van der Waals surface area (Å²) < 4.78 is 43.5. The smallest absolute Gasteiger partial charge is 0.251 e. The molecule has 1 amide bonds. The number of rotatable bonds is 4. The molecule has 31 heavy (non-hydrogen) atoms. The molecule has 0 radical (unpaired) electrons. The Hall–Kier alpha value is -2.84. The number of amides is 1. The molecule has 1 saturated heterocycles. The van der Waals surface area contributed by atoms with Crippen molar-refractivity contribution in [3.05, 3.63) is 77.2 Å². The van der Waals surface area contributed by atoms with Crippen LogP contribution in [0.2, 0.25) is 0 Å². The highest BCUT2D eigenvalue weighted by molar-refractivity contribution is 5.95. The van der Waals surface area contributed by atoms with Crippen LogP contribution in [0.3, 0.4) is 0 Å². The van der Waals surface area contributed by atoms with Crippen LogP contribution in [0.4, 0.5) is 13.2 Å². The third-order valence-corrected chi connectivity index (χ3v) is 5.44. The largest absolute Gasteiger partial charge is 0.347 e. The molecular weight excluding hydrogens is 429 g/mol. The van der Waals surface area contributed by atoms with Gasteiger partial charge in [-0.15, -0.1) is 12.4 Å². The number of halogens is 4. The molecule has 2 heterocycles. The van der Waals surface area contributed by atoms with E-state index in [0.717, 1.165) is 6.07 Å². The SMILES string of the molecule is Cl.Cn1nccc1-c1ccc(C(=O)N[C@@H]2CNCC[C@H]2c2cc(F)cc(F)c2)cc1F. The number of nitrogens with one attached hydrogen (secondary N) is 2. The van der Waals surface area contributed by atoms with E-state index in [1.807, 2.05) is 0 Å². The van der Waals surface area contributed by atoms with Gasteiger partial charge in [0, 0.05) is 48.9 Å². The highest BCUT2D eigenvalue weighted by atomic mass is 35.5. The Morgan fingerprint density at radius 2 is 1.87 bits per heavy atom. The Labute approximate surface area is 184 Å². The van der Waals surface area contributed by atoms with Crippen molar-refractivity contribution in [3.63, 3.8) is 0 Å². The molecule has 2 N–H and O–H groups in total. The molecule has 2 aromatic carbocycles. The highest BCUT2D eigenvalue weighted by Gasteiger charge is 2.29. The van der Waals surface area contributed by atoms with Gasteiger partial charge in [0.15, 0.2) is 0 Å². The van der Waals surface area contributed by atoms with Crippen LogP contribution < -0.4 is 10.6 Å². The van der Waals surface area contributed by atoms with Gasteiger partial charge in [0.1, 0.15) is 17.5 Å². The summed E-state index contributed by atoms with van der Waals surface area (Å²) in [5, 5.41) is 10.1. The second kappa shape index (κ2) is 9.53. The summed E-state index contributed by atoms with van der Waals surface area (Å²) in [4.78, 5) is 12.8. The number of carbonyl (C=O) groups excluding carboxylic acids is 1. The summed E-state index contributed by atoms with van der Waals surface area (Å²) >= 11 is 0. The standard InChI is InChI=1S/C22H21F3N4O.ClH/c1-29-21(5-7-27-29)18-3-2-13(10-19(18)25)22(30)28-20-12-26-6-4-17(20)14-8-15(23)11-16(24)9-14;/h2-3,5,7-11,17,20,26H,4,6,12H2,1H3,(H,28,30);1H/t17-,20+;/m0./s1. The van der Waals surface area contributed by atoms with Gasteiger partial charge >= 0.3 is 0 Å². The monoisotopic (exact) mass is 450 g/mol. The summed E-state index contributed by atoms with van der Waals surface area (Å²) in [5.41, 5.74) is 1.62. The van der Waals surface area contributed by atoms with E-state index in [1.54, 1.807) is 36.1 Å². The van der Waals surface area contributed by atoms with Crippen LogP contribution in [0.1, 0.15) is 28.3 Å². The maximum Gasteiger partial charge on any atom is 0.251 e. The van der Waals surface area contributed by atoms with Gasteiger partial charge in [-0.05, 0) is 54.9 Å². The first-order valence-electron chi connectivity index (χ1n) is 9.68. The Bertz CT molecular complexity index is 1070. The van der Waals surface area contributed by atoms with Crippen molar-refractivity contribution in [1.29, 1.82) is 0 Å². The van der Waals surface area contributed by atoms with Gasteiger partial charge in [-0.25, -0.2) is 13.2 Å². The molecule has 5 nitrogen and oxygen atoms in total. The lowest BCUT2D eigenvalue weighted by molar-refractivity contribution is 0.0924. The molecule has 3 aromatic rings. The van der Waals surface area contributed by atoms with Gasteiger partial charge in [0.05, 0.1) is 5.69 Å². The molecule has 0 saturated carbocycles. The average Bonchev–Trinajstić information content (AvgIpc) is 3.13. The van der Waals surface area contributed by atoms with Crippen molar-refractivity contribution in [2.45, 2.75) is 18.4 Å². The maximum absolute atomic E-state index is 14.6. The Morgan fingerprint density at radius 3 is 2.52 bits per heavy atom. The summed E-state index contributed by atoms with van der Waals surface area (Å²) in [6.07, 6.45) is 2.18. The second-order valence-corrected chi connectivity index (χ2v) is 7.42. The van der Waals surface area contributed by atoms with Crippen LogP contribution in [0, 0.1) is 17.5 Å². The summed E-state index contributed by atoms with van der Waals surface area (Å²) in [6.45, 7) is 1.12. The molecule has 4 rings (SSSR count). The number of carbonyl (C=O) groups is 1. The Kier molecular flexibility index (Phi) is 7.02. The number of aromatic nitrogens is 2. The first kappa shape index (κ1) is 22.8. The second-order valence-electron chi connectivity index (χ2n) is 7.42. The number of hydrogen-bond donors (Lipinski definition) is 2. The van der Waals surface area contributed by atoms with Gasteiger partial charge in [-0.1, -0.05) is 0 Å². The van der Waals surface area contributed by atoms with Crippen LogP contribution in [-0.2, 0) is 7.05 Å². The van der Waals surface area contributed by atoms with Gasteiger partial charge in [-0.2, -0.15) is 5.10 Å².